The maximum atomic E-state index is 13.7. The number of hydrogen-bond donors (Lipinski definition) is 1. The highest BCUT2D eigenvalue weighted by molar-refractivity contribution is 6.16. The highest BCUT2D eigenvalue weighted by atomic mass is 16.5. The van der Waals surface area contributed by atoms with Crippen LogP contribution in [0, 0.1) is 0 Å². The maximum Gasteiger partial charge on any atom is 0.337 e. The Morgan fingerprint density at radius 3 is 2.50 bits per heavy atom. The van der Waals surface area contributed by atoms with E-state index in [1.165, 1.54) is 43.6 Å². The number of fused-ring (bicyclic) bond motifs is 1. The van der Waals surface area contributed by atoms with Crippen LogP contribution in [0.1, 0.15) is 38.3 Å². The minimum atomic E-state index is -0.961. The van der Waals surface area contributed by atoms with E-state index in [0.29, 0.717) is 33.6 Å². The van der Waals surface area contributed by atoms with Crippen molar-refractivity contribution in [3.8, 4) is 5.75 Å². The van der Waals surface area contributed by atoms with Crippen LogP contribution < -0.4 is 4.74 Å². The number of amides is 1. The van der Waals surface area contributed by atoms with Crippen molar-refractivity contribution in [3.63, 3.8) is 0 Å². The van der Waals surface area contributed by atoms with Gasteiger partial charge in [0.15, 0.2) is 22.9 Å². The molecular formula is C27H21NO8. The van der Waals surface area contributed by atoms with Crippen LogP contribution in [0.5, 0.6) is 5.75 Å². The monoisotopic (exact) mass is 487 g/mol. The number of para-hydroxylation sites is 1. The molecule has 0 aliphatic carbocycles. The predicted molar refractivity (Wildman–Crippen MR) is 127 cm³/mol. The SMILES string of the molecule is COC(=O)c1ccc(C2C(C(=O)c3cc4cccc(OC)c4o3)=C(O)C(=O)N2Cc2ccco2)cc1. The van der Waals surface area contributed by atoms with Gasteiger partial charge >= 0.3 is 5.97 Å². The molecule has 2 aromatic heterocycles. The van der Waals surface area contributed by atoms with E-state index in [4.69, 9.17) is 18.3 Å². The molecule has 2 aromatic carbocycles. The number of methoxy groups -OCH3 is 2. The lowest BCUT2D eigenvalue weighted by molar-refractivity contribution is -0.130. The Morgan fingerprint density at radius 1 is 1.06 bits per heavy atom. The highest BCUT2D eigenvalue weighted by Gasteiger charge is 2.45. The van der Waals surface area contributed by atoms with Crippen LogP contribution in [0.3, 0.4) is 0 Å². The van der Waals surface area contributed by atoms with Crippen LogP contribution in [0.25, 0.3) is 11.0 Å². The Morgan fingerprint density at radius 2 is 1.83 bits per heavy atom. The number of Topliss-reactive ketones (excluding diaryl/α,β-unsaturated/α-hetero) is 1. The Bertz CT molecular complexity index is 1490. The van der Waals surface area contributed by atoms with Gasteiger partial charge in [-0.05, 0) is 42.0 Å². The first-order valence-corrected chi connectivity index (χ1v) is 11.0. The molecule has 0 spiro atoms. The van der Waals surface area contributed by atoms with Gasteiger partial charge in [-0.1, -0.05) is 24.3 Å². The summed E-state index contributed by atoms with van der Waals surface area (Å²) in [6.07, 6.45) is 1.47. The number of furan rings is 2. The van der Waals surface area contributed by atoms with Gasteiger partial charge in [0.2, 0.25) is 5.78 Å². The summed E-state index contributed by atoms with van der Waals surface area (Å²) >= 11 is 0. The Hall–Kier alpha value is -4.79. The second kappa shape index (κ2) is 9.10. The number of esters is 1. The number of aliphatic hydroxyl groups excluding tert-OH is 1. The van der Waals surface area contributed by atoms with Crippen molar-refractivity contribution in [3.05, 3.63) is 101 Å². The van der Waals surface area contributed by atoms with Gasteiger partial charge in [0.1, 0.15) is 5.76 Å². The van der Waals surface area contributed by atoms with Crippen LogP contribution in [-0.2, 0) is 16.1 Å². The molecular weight excluding hydrogens is 466 g/mol. The molecule has 9 nitrogen and oxygen atoms in total. The fourth-order valence-corrected chi connectivity index (χ4v) is 4.33. The van der Waals surface area contributed by atoms with Crippen LogP contribution in [-0.4, -0.2) is 41.9 Å². The summed E-state index contributed by atoms with van der Waals surface area (Å²) in [7, 11) is 2.76. The summed E-state index contributed by atoms with van der Waals surface area (Å²) in [6, 6.07) is 15.4. The van der Waals surface area contributed by atoms with E-state index >= 15 is 0 Å². The molecule has 0 bridgehead atoms. The van der Waals surface area contributed by atoms with E-state index in [9.17, 15) is 19.5 Å². The number of hydrogen-bond acceptors (Lipinski definition) is 8. The predicted octanol–water partition coefficient (Wildman–Crippen LogP) is 4.60. The van der Waals surface area contributed by atoms with E-state index in [1.54, 1.807) is 42.5 Å². The van der Waals surface area contributed by atoms with Gasteiger partial charge in [0, 0.05) is 5.39 Å². The number of nitrogens with zero attached hydrogens (tertiary/aromatic N) is 1. The topological polar surface area (TPSA) is 119 Å². The molecule has 1 aliphatic rings. The molecule has 0 saturated carbocycles. The molecule has 182 valence electrons. The third-order valence-corrected chi connectivity index (χ3v) is 6.05. The molecule has 4 aromatic rings. The first-order chi connectivity index (χ1) is 17.4. The molecule has 3 heterocycles. The summed E-state index contributed by atoms with van der Waals surface area (Å²) < 4.78 is 21.3. The molecule has 0 radical (unpaired) electrons. The van der Waals surface area contributed by atoms with Gasteiger partial charge in [-0.25, -0.2) is 4.79 Å². The van der Waals surface area contributed by atoms with Crippen molar-refractivity contribution in [2.45, 2.75) is 12.6 Å². The largest absolute Gasteiger partial charge is 0.503 e. The molecule has 1 unspecified atom stereocenters. The zero-order chi connectivity index (χ0) is 25.4. The number of carbonyl (C=O) groups excluding carboxylic acids is 3. The Balaban J connectivity index is 1.59. The van der Waals surface area contributed by atoms with Crippen molar-refractivity contribution in [1.82, 2.24) is 4.90 Å². The fourth-order valence-electron chi connectivity index (χ4n) is 4.33. The van der Waals surface area contributed by atoms with Crippen molar-refractivity contribution in [2.75, 3.05) is 14.2 Å². The van der Waals surface area contributed by atoms with Crippen molar-refractivity contribution < 1.29 is 37.8 Å². The quantitative estimate of drug-likeness (QED) is 0.297. The number of aliphatic hydroxyl groups is 1. The lowest BCUT2D eigenvalue weighted by atomic mass is 9.94. The van der Waals surface area contributed by atoms with E-state index < -0.39 is 29.5 Å². The second-order valence-corrected chi connectivity index (χ2v) is 8.11. The third-order valence-electron chi connectivity index (χ3n) is 6.05. The van der Waals surface area contributed by atoms with Crippen LogP contribution in [0.2, 0.25) is 0 Å². The Labute approximate surface area is 205 Å². The van der Waals surface area contributed by atoms with E-state index in [1.807, 2.05) is 0 Å². The Kier molecular flexibility index (Phi) is 5.81. The number of ether oxygens (including phenoxy) is 2. The second-order valence-electron chi connectivity index (χ2n) is 8.11. The number of ketones is 1. The molecule has 0 saturated heterocycles. The van der Waals surface area contributed by atoms with Crippen LogP contribution in [0.4, 0.5) is 0 Å². The maximum absolute atomic E-state index is 13.7. The highest BCUT2D eigenvalue weighted by Crippen LogP contribution is 2.41. The summed E-state index contributed by atoms with van der Waals surface area (Å²) in [5.41, 5.74) is 1.03. The third kappa shape index (κ3) is 3.80. The number of rotatable bonds is 7. The first-order valence-electron chi connectivity index (χ1n) is 11.0. The van der Waals surface area contributed by atoms with Crippen LogP contribution >= 0.6 is 0 Å². The van der Waals surface area contributed by atoms with Gasteiger partial charge in [0.05, 0.1) is 44.2 Å². The van der Waals surface area contributed by atoms with E-state index in [-0.39, 0.29) is 17.9 Å². The van der Waals surface area contributed by atoms with Crippen molar-refractivity contribution in [1.29, 1.82) is 0 Å². The van der Waals surface area contributed by atoms with Gasteiger partial charge in [-0.3, -0.25) is 9.59 Å². The number of benzene rings is 2. The molecule has 1 atom stereocenters. The van der Waals surface area contributed by atoms with E-state index in [2.05, 4.69) is 0 Å². The summed E-state index contributed by atoms with van der Waals surface area (Å²) in [5, 5.41) is 11.5. The van der Waals surface area contributed by atoms with Gasteiger partial charge in [-0.2, -0.15) is 0 Å². The zero-order valence-corrected chi connectivity index (χ0v) is 19.4. The molecule has 1 amide bonds. The average molecular weight is 487 g/mol. The lowest BCUT2D eigenvalue weighted by Crippen LogP contribution is -2.30. The minimum absolute atomic E-state index is 0.00401. The summed E-state index contributed by atoms with van der Waals surface area (Å²) in [6.45, 7) is 0.00401. The smallest absolute Gasteiger partial charge is 0.337 e. The normalized spacial score (nSPS) is 15.6. The van der Waals surface area contributed by atoms with Crippen molar-refractivity contribution >= 4 is 28.6 Å². The van der Waals surface area contributed by atoms with Gasteiger partial charge < -0.3 is 28.3 Å². The van der Waals surface area contributed by atoms with Crippen LogP contribution in [0.15, 0.2) is 87.1 Å². The fraction of sp³-hybridized carbons (Fsp3) is 0.148. The zero-order valence-electron chi connectivity index (χ0n) is 19.4. The standard InChI is InChI=1S/C27H21NO8/c1-33-19-7-3-5-17-13-20(36-25(17)19)23(29)21-22(15-8-10-16(11-9-15)27(32)34-2)28(26(31)24(21)30)14-18-6-4-12-35-18/h3-13,22,30H,14H2,1-2H3. The van der Waals surface area contributed by atoms with E-state index in [0.717, 1.165) is 0 Å². The number of carbonyl (C=O) groups is 3. The molecule has 36 heavy (non-hydrogen) atoms. The van der Waals surface area contributed by atoms with Gasteiger partial charge in [-0.15, -0.1) is 0 Å². The minimum Gasteiger partial charge on any atom is -0.503 e. The molecule has 5 rings (SSSR count). The molecule has 1 aliphatic heterocycles. The molecule has 1 N–H and O–H groups in total. The summed E-state index contributed by atoms with van der Waals surface area (Å²) in [5.74, 6) is -1.73. The van der Waals surface area contributed by atoms with Gasteiger partial charge in [0.25, 0.3) is 5.91 Å². The molecule has 9 heteroatoms. The summed E-state index contributed by atoms with van der Waals surface area (Å²) in [4.78, 5) is 40.1. The first kappa shape index (κ1) is 23.0. The lowest BCUT2D eigenvalue weighted by Gasteiger charge is -2.26. The van der Waals surface area contributed by atoms with Crippen molar-refractivity contribution in [2.24, 2.45) is 0 Å². The average Bonchev–Trinajstić information content (AvgIpc) is 3.63. The molecule has 0 fully saturated rings.